The summed E-state index contributed by atoms with van der Waals surface area (Å²) in [5.74, 6) is -0.0894. The first-order chi connectivity index (χ1) is 16.3. The number of hydrogen-bond acceptors (Lipinski definition) is 5. The minimum Gasteiger partial charge on any atom is -0.493 e. The largest absolute Gasteiger partial charge is 0.493 e. The third kappa shape index (κ3) is 6.47. The van der Waals surface area contributed by atoms with Gasteiger partial charge in [-0.25, -0.2) is 0 Å². The lowest BCUT2D eigenvalue weighted by molar-refractivity contribution is -0.127. The highest BCUT2D eigenvalue weighted by Crippen LogP contribution is 2.28. The number of amides is 1. The van der Waals surface area contributed by atoms with Gasteiger partial charge in [-0.3, -0.25) is 14.4 Å². The van der Waals surface area contributed by atoms with Crippen molar-refractivity contribution in [3.63, 3.8) is 0 Å². The number of nitrogens with one attached hydrogen (secondary N) is 2. The molecule has 1 heterocycles. The van der Waals surface area contributed by atoms with Crippen LogP contribution in [-0.4, -0.2) is 35.1 Å². The minimum atomic E-state index is -0.730. The standard InChI is InChI=1S/C27H35N3O4/c1-4-34-26-11-7-9-22-21(26)15-23(30-22)25(32)14-19(12-17(2)3)27(33)29-20(16-28)13-18-8-5-6-10-24(18)31/h7,9,11,15,17-20,30H,4-6,8,10,12-14H2,1-3H3,(H,29,33)/t18-,19+,20-/m0/s1. The van der Waals surface area contributed by atoms with Crippen molar-refractivity contribution in [3.05, 3.63) is 30.0 Å². The monoisotopic (exact) mass is 465 g/mol. The van der Waals surface area contributed by atoms with Gasteiger partial charge in [0.15, 0.2) is 5.78 Å². The molecular weight excluding hydrogens is 430 g/mol. The first-order valence-corrected chi connectivity index (χ1v) is 12.3. The Balaban J connectivity index is 1.71. The Labute approximate surface area is 201 Å². The summed E-state index contributed by atoms with van der Waals surface area (Å²) in [6, 6.07) is 8.80. The molecule has 1 aromatic carbocycles. The molecule has 1 aliphatic rings. The lowest BCUT2D eigenvalue weighted by Crippen LogP contribution is -2.41. The van der Waals surface area contributed by atoms with Crippen LogP contribution in [0.4, 0.5) is 0 Å². The molecular formula is C27H35N3O4. The average Bonchev–Trinajstić information content (AvgIpc) is 3.25. The van der Waals surface area contributed by atoms with E-state index in [1.165, 1.54) is 0 Å². The van der Waals surface area contributed by atoms with E-state index in [9.17, 15) is 19.6 Å². The summed E-state index contributed by atoms with van der Waals surface area (Å²) in [5.41, 5.74) is 1.24. The lowest BCUT2D eigenvalue weighted by Gasteiger charge is -2.24. The molecule has 1 aromatic heterocycles. The second kappa shape index (κ2) is 11.8. The predicted octanol–water partition coefficient (Wildman–Crippen LogP) is 4.96. The fourth-order valence-corrected chi connectivity index (χ4v) is 4.77. The normalized spacial score (nSPS) is 17.9. The van der Waals surface area contributed by atoms with E-state index in [-0.39, 0.29) is 35.7 Å². The van der Waals surface area contributed by atoms with Gasteiger partial charge in [0.25, 0.3) is 0 Å². The number of ether oxygens (including phenoxy) is 1. The first-order valence-electron chi connectivity index (χ1n) is 12.3. The highest BCUT2D eigenvalue weighted by Gasteiger charge is 2.29. The van der Waals surface area contributed by atoms with E-state index in [2.05, 4.69) is 16.4 Å². The number of carbonyl (C=O) groups is 3. The van der Waals surface area contributed by atoms with Gasteiger partial charge in [0.1, 0.15) is 17.6 Å². The van der Waals surface area contributed by atoms with Gasteiger partial charge in [-0.05, 0) is 56.7 Å². The maximum atomic E-state index is 13.1. The number of H-pyrrole nitrogens is 1. The van der Waals surface area contributed by atoms with Gasteiger partial charge < -0.3 is 15.0 Å². The third-order valence-corrected chi connectivity index (χ3v) is 6.46. The zero-order valence-corrected chi connectivity index (χ0v) is 20.4. The van der Waals surface area contributed by atoms with Crippen LogP contribution in [-0.2, 0) is 9.59 Å². The Kier molecular flexibility index (Phi) is 8.86. The summed E-state index contributed by atoms with van der Waals surface area (Å²) in [6.45, 7) is 6.44. The summed E-state index contributed by atoms with van der Waals surface area (Å²) >= 11 is 0. The number of benzene rings is 1. The van der Waals surface area contributed by atoms with Crippen molar-refractivity contribution in [1.29, 1.82) is 5.26 Å². The molecule has 34 heavy (non-hydrogen) atoms. The Morgan fingerprint density at radius 2 is 2.09 bits per heavy atom. The number of aromatic amines is 1. The van der Waals surface area contributed by atoms with Crippen LogP contribution in [0.5, 0.6) is 5.75 Å². The molecule has 1 saturated carbocycles. The summed E-state index contributed by atoms with van der Waals surface area (Å²) in [7, 11) is 0. The van der Waals surface area contributed by atoms with Crippen molar-refractivity contribution in [1.82, 2.24) is 10.3 Å². The van der Waals surface area contributed by atoms with Gasteiger partial charge >= 0.3 is 0 Å². The van der Waals surface area contributed by atoms with Crippen LogP contribution in [0.25, 0.3) is 10.9 Å². The van der Waals surface area contributed by atoms with E-state index in [1.54, 1.807) is 6.07 Å². The fourth-order valence-electron chi connectivity index (χ4n) is 4.77. The number of rotatable bonds is 11. The molecule has 1 aliphatic carbocycles. The molecule has 0 spiro atoms. The van der Waals surface area contributed by atoms with Crippen LogP contribution < -0.4 is 10.1 Å². The van der Waals surface area contributed by atoms with Gasteiger partial charge in [-0.15, -0.1) is 0 Å². The van der Waals surface area contributed by atoms with Crippen molar-refractivity contribution in [3.8, 4) is 11.8 Å². The van der Waals surface area contributed by atoms with Gasteiger partial charge in [-0.2, -0.15) is 5.26 Å². The van der Waals surface area contributed by atoms with Crippen LogP contribution in [0.2, 0.25) is 0 Å². The molecule has 7 heteroatoms. The zero-order valence-electron chi connectivity index (χ0n) is 20.4. The third-order valence-electron chi connectivity index (χ3n) is 6.46. The second-order valence-electron chi connectivity index (χ2n) is 9.62. The average molecular weight is 466 g/mol. The summed E-state index contributed by atoms with van der Waals surface area (Å²) in [5, 5.41) is 13.3. The Morgan fingerprint density at radius 1 is 1.29 bits per heavy atom. The summed E-state index contributed by atoms with van der Waals surface area (Å²) in [4.78, 5) is 41.6. The quantitative estimate of drug-likeness (QED) is 0.456. The number of aromatic nitrogens is 1. The van der Waals surface area contributed by atoms with E-state index in [1.807, 2.05) is 39.0 Å². The molecule has 0 bridgehead atoms. The fraction of sp³-hybridized carbons (Fsp3) is 0.556. The van der Waals surface area contributed by atoms with Crippen molar-refractivity contribution in [2.75, 3.05) is 6.61 Å². The number of hydrogen-bond donors (Lipinski definition) is 2. The Bertz CT molecular complexity index is 1070. The van der Waals surface area contributed by atoms with Crippen LogP contribution in [0.3, 0.4) is 0 Å². The van der Waals surface area contributed by atoms with Crippen molar-refractivity contribution in [2.45, 2.75) is 71.8 Å². The van der Waals surface area contributed by atoms with Crippen molar-refractivity contribution >= 4 is 28.4 Å². The van der Waals surface area contributed by atoms with Gasteiger partial charge in [0.05, 0.1) is 18.4 Å². The Morgan fingerprint density at radius 3 is 2.76 bits per heavy atom. The van der Waals surface area contributed by atoms with E-state index >= 15 is 0 Å². The van der Waals surface area contributed by atoms with Crippen LogP contribution in [0.15, 0.2) is 24.3 Å². The lowest BCUT2D eigenvalue weighted by atomic mass is 9.83. The van der Waals surface area contributed by atoms with E-state index < -0.39 is 12.0 Å². The zero-order chi connectivity index (χ0) is 24.7. The minimum absolute atomic E-state index is 0.0430. The molecule has 2 aromatic rings. The first kappa shape index (κ1) is 25.5. The number of fused-ring (bicyclic) bond motifs is 1. The molecule has 0 radical (unpaired) electrons. The number of nitriles is 1. The molecule has 0 aliphatic heterocycles. The molecule has 2 N–H and O–H groups in total. The highest BCUT2D eigenvalue weighted by atomic mass is 16.5. The topological polar surface area (TPSA) is 112 Å². The number of carbonyl (C=O) groups excluding carboxylic acids is 3. The maximum absolute atomic E-state index is 13.1. The van der Waals surface area contributed by atoms with E-state index in [0.717, 1.165) is 30.2 Å². The van der Waals surface area contributed by atoms with Crippen molar-refractivity contribution in [2.24, 2.45) is 17.8 Å². The van der Waals surface area contributed by atoms with Gasteiger partial charge in [-0.1, -0.05) is 26.3 Å². The van der Waals surface area contributed by atoms with Gasteiger partial charge in [0.2, 0.25) is 5.91 Å². The van der Waals surface area contributed by atoms with Crippen LogP contribution in [0.1, 0.15) is 76.2 Å². The Hall–Kier alpha value is -3.14. The van der Waals surface area contributed by atoms with Crippen molar-refractivity contribution < 1.29 is 19.1 Å². The molecule has 3 rings (SSSR count). The second-order valence-corrected chi connectivity index (χ2v) is 9.62. The molecule has 7 nitrogen and oxygen atoms in total. The summed E-state index contributed by atoms with van der Waals surface area (Å²) < 4.78 is 5.66. The molecule has 182 valence electrons. The molecule has 0 saturated heterocycles. The van der Waals surface area contributed by atoms with Gasteiger partial charge in [0, 0.05) is 35.6 Å². The maximum Gasteiger partial charge on any atom is 0.224 e. The van der Waals surface area contributed by atoms with E-state index in [0.29, 0.717) is 37.3 Å². The molecule has 3 atom stereocenters. The number of ketones is 2. The predicted molar refractivity (Wildman–Crippen MR) is 130 cm³/mol. The van der Waals surface area contributed by atoms with Crippen LogP contribution >= 0.6 is 0 Å². The molecule has 1 fully saturated rings. The highest BCUT2D eigenvalue weighted by molar-refractivity contribution is 6.02. The number of Topliss-reactive ketones (excluding diaryl/α,β-unsaturated/α-hetero) is 2. The smallest absolute Gasteiger partial charge is 0.224 e. The summed E-state index contributed by atoms with van der Waals surface area (Å²) in [6.07, 6.45) is 4.11. The SMILES string of the molecule is CCOc1cccc2[nH]c(C(=O)C[C@@H](CC(C)C)C(=O)N[C@H](C#N)C[C@@H]3CCCCC3=O)cc12. The molecule has 1 amide bonds. The van der Waals surface area contributed by atoms with E-state index in [4.69, 9.17) is 4.74 Å². The number of nitrogens with zero attached hydrogens (tertiary/aromatic N) is 1. The van der Waals surface area contributed by atoms with Crippen LogP contribution in [0, 0.1) is 29.1 Å². The molecule has 0 unspecified atom stereocenters.